The summed E-state index contributed by atoms with van der Waals surface area (Å²) in [6.45, 7) is 5.97. The summed E-state index contributed by atoms with van der Waals surface area (Å²) in [5.74, 6) is 1.34. The quantitative estimate of drug-likeness (QED) is 0.652. The maximum Gasteiger partial charge on any atom is 0.291 e. The number of fused-ring (bicyclic) bond motifs is 1. The molecule has 1 aromatic heterocycles. The Bertz CT molecular complexity index is 832. The lowest BCUT2D eigenvalue weighted by Gasteiger charge is -2.28. The molecule has 0 unspecified atom stereocenters. The first kappa shape index (κ1) is 17.1. The maximum atomic E-state index is 12.6. The van der Waals surface area contributed by atoms with Crippen molar-refractivity contribution in [3.8, 4) is 5.75 Å². The van der Waals surface area contributed by atoms with Crippen LogP contribution in [-0.2, 0) is 6.42 Å². The van der Waals surface area contributed by atoms with E-state index < -0.39 is 0 Å². The van der Waals surface area contributed by atoms with Gasteiger partial charge >= 0.3 is 0 Å². The van der Waals surface area contributed by atoms with Crippen LogP contribution in [0.4, 0.5) is 5.69 Å². The van der Waals surface area contributed by atoms with Crippen LogP contribution in [0.15, 0.2) is 33.8 Å². The summed E-state index contributed by atoms with van der Waals surface area (Å²) in [6, 6.07) is 7.07. The topological polar surface area (TPSA) is 84.1 Å². The summed E-state index contributed by atoms with van der Waals surface area (Å²) in [5.41, 5.74) is 2.58. The van der Waals surface area contributed by atoms with Gasteiger partial charge in [-0.15, -0.1) is 0 Å². The predicted octanol–water partition coefficient (Wildman–Crippen LogP) is 4.00. The number of furan rings is 1. The average Bonchev–Trinajstić information content (AvgIpc) is 2.90. The zero-order chi connectivity index (χ0) is 18.2. The Morgan fingerprint density at radius 3 is 2.56 bits per heavy atom. The number of rotatable bonds is 3. The number of anilines is 1. The van der Waals surface area contributed by atoms with Crippen molar-refractivity contribution in [2.45, 2.75) is 33.6 Å². The van der Waals surface area contributed by atoms with Gasteiger partial charge < -0.3 is 19.7 Å². The lowest BCUT2D eigenvalue weighted by molar-refractivity contribution is 0.0993. The molecule has 0 saturated heterocycles. The van der Waals surface area contributed by atoms with Gasteiger partial charge in [0.2, 0.25) is 0 Å². The van der Waals surface area contributed by atoms with Gasteiger partial charge in [0.15, 0.2) is 5.76 Å². The molecule has 1 aliphatic carbocycles. The second-order valence-corrected chi connectivity index (χ2v) is 7.10. The van der Waals surface area contributed by atoms with Crippen LogP contribution in [0.2, 0.25) is 0 Å². The first-order valence-electron chi connectivity index (χ1n) is 8.13. The SMILES string of the molecule is COc1ccc(NC(=O)c2oc3c(c2C)/C(=N\O)CC(C)(C)C3)cc1. The number of hydrogen-bond donors (Lipinski definition) is 2. The van der Waals surface area contributed by atoms with E-state index in [9.17, 15) is 10.0 Å². The molecule has 0 aliphatic heterocycles. The van der Waals surface area contributed by atoms with Gasteiger partial charge in [0, 0.05) is 23.2 Å². The molecular weight excluding hydrogens is 320 g/mol. The fraction of sp³-hybridized carbons (Fsp3) is 0.368. The zero-order valence-corrected chi connectivity index (χ0v) is 14.8. The number of methoxy groups -OCH3 is 1. The molecule has 1 heterocycles. The molecule has 0 saturated carbocycles. The highest BCUT2D eigenvalue weighted by Gasteiger charge is 2.36. The Balaban J connectivity index is 1.90. The Kier molecular flexibility index (Phi) is 4.29. The Hall–Kier alpha value is -2.76. The van der Waals surface area contributed by atoms with Crippen LogP contribution in [0.25, 0.3) is 0 Å². The van der Waals surface area contributed by atoms with Crippen molar-refractivity contribution in [2.75, 3.05) is 12.4 Å². The zero-order valence-electron chi connectivity index (χ0n) is 14.8. The van der Waals surface area contributed by atoms with Crippen molar-refractivity contribution in [3.05, 3.63) is 46.9 Å². The number of ether oxygens (including phenoxy) is 1. The Morgan fingerprint density at radius 2 is 1.96 bits per heavy atom. The molecule has 2 aromatic rings. The number of hydrogen-bond acceptors (Lipinski definition) is 5. The highest BCUT2D eigenvalue weighted by Crippen LogP contribution is 2.38. The van der Waals surface area contributed by atoms with Gasteiger partial charge in [-0.2, -0.15) is 0 Å². The van der Waals surface area contributed by atoms with Crippen molar-refractivity contribution < 1.29 is 19.2 Å². The molecule has 0 fully saturated rings. The smallest absolute Gasteiger partial charge is 0.291 e. The molecular formula is C19H22N2O4. The van der Waals surface area contributed by atoms with E-state index in [-0.39, 0.29) is 17.1 Å². The number of nitrogens with one attached hydrogen (secondary N) is 1. The van der Waals surface area contributed by atoms with E-state index in [4.69, 9.17) is 9.15 Å². The monoisotopic (exact) mass is 342 g/mol. The van der Waals surface area contributed by atoms with Gasteiger partial charge in [-0.3, -0.25) is 4.79 Å². The third-order valence-electron chi connectivity index (χ3n) is 4.47. The van der Waals surface area contributed by atoms with Crippen LogP contribution in [0.5, 0.6) is 5.75 Å². The van der Waals surface area contributed by atoms with Gasteiger partial charge in [0.25, 0.3) is 5.91 Å². The number of benzene rings is 1. The van der Waals surface area contributed by atoms with Crippen LogP contribution in [0, 0.1) is 12.3 Å². The number of oxime groups is 1. The summed E-state index contributed by atoms with van der Waals surface area (Å²) in [6.07, 6.45) is 1.33. The molecule has 0 radical (unpaired) electrons. The highest BCUT2D eigenvalue weighted by atomic mass is 16.5. The molecule has 1 aliphatic rings. The molecule has 0 bridgehead atoms. The average molecular weight is 342 g/mol. The van der Waals surface area contributed by atoms with E-state index >= 15 is 0 Å². The molecule has 3 rings (SSSR count). The van der Waals surface area contributed by atoms with Crippen LogP contribution >= 0.6 is 0 Å². The van der Waals surface area contributed by atoms with Crippen molar-refractivity contribution in [1.82, 2.24) is 0 Å². The van der Waals surface area contributed by atoms with E-state index in [0.29, 0.717) is 41.3 Å². The van der Waals surface area contributed by atoms with Gasteiger partial charge in [-0.25, -0.2) is 0 Å². The van der Waals surface area contributed by atoms with Gasteiger partial charge in [-0.05, 0) is 43.0 Å². The summed E-state index contributed by atoms with van der Waals surface area (Å²) >= 11 is 0. The van der Waals surface area contributed by atoms with Crippen LogP contribution in [0.3, 0.4) is 0 Å². The van der Waals surface area contributed by atoms with E-state index in [0.717, 1.165) is 5.56 Å². The standard InChI is InChI=1S/C19H22N2O4/c1-11-16-14(21-23)9-19(2,3)10-15(16)25-17(11)18(22)20-12-5-7-13(24-4)8-6-12/h5-8,23H,9-10H2,1-4H3,(H,20,22)/b21-14-. The second kappa shape index (κ2) is 6.27. The molecule has 25 heavy (non-hydrogen) atoms. The molecule has 132 valence electrons. The summed E-state index contributed by atoms with van der Waals surface area (Å²) in [7, 11) is 1.59. The fourth-order valence-electron chi connectivity index (χ4n) is 3.28. The minimum atomic E-state index is -0.327. The molecule has 1 amide bonds. The Labute approximate surface area is 146 Å². The van der Waals surface area contributed by atoms with Crippen molar-refractivity contribution >= 4 is 17.3 Å². The molecule has 0 spiro atoms. The van der Waals surface area contributed by atoms with Crippen molar-refractivity contribution in [1.29, 1.82) is 0 Å². The fourth-order valence-corrected chi connectivity index (χ4v) is 3.28. The molecule has 2 N–H and O–H groups in total. The first-order chi connectivity index (χ1) is 11.8. The summed E-state index contributed by atoms with van der Waals surface area (Å²) < 4.78 is 11.0. The number of carbonyl (C=O) groups excluding carboxylic acids is 1. The van der Waals surface area contributed by atoms with Crippen LogP contribution < -0.4 is 10.1 Å². The van der Waals surface area contributed by atoms with E-state index in [1.54, 1.807) is 31.4 Å². The third-order valence-corrected chi connectivity index (χ3v) is 4.47. The second-order valence-electron chi connectivity index (χ2n) is 7.10. The van der Waals surface area contributed by atoms with Gasteiger partial charge in [0.1, 0.15) is 11.5 Å². The minimum absolute atomic E-state index is 0.0808. The Morgan fingerprint density at radius 1 is 1.28 bits per heavy atom. The molecule has 1 aromatic carbocycles. The number of nitrogens with zero attached hydrogens (tertiary/aromatic N) is 1. The number of carbonyl (C=O) groups is 1. The first-order valence-corrected chi connectivity index (χ1v) is 8.13. The minimum Gasteiger partial charge on any atom is -0.497 e. The third kappa shape index (κ3) is 3.24. The number of amides is 1. The molecule has 0 atom stereocenters. The van der Waals surface area contributed by atoms with Crippen LogP contribution in [0.1, 0.15) is 47.7 Å². The lowest BCUT2D eigenvalue weighted by atomic mass is 9.75. The largest absolute Gasteiger partial charge is 0.497 e. The molecule has 6 nitrogen and oxygen atoms in total. The van der Waals surface area contributed by atoms with E-state index in [1.165, 1.54) is 0 Å². The summed E-state index contributed by atoms with van der Waals surface area (Å²) in [4.78, 5) is 12.6. The van der Waals surface area contributed by atoms with E-state index in [2.05, 4.69) is 24.3 Å². The lowest BCUT2D eigenvalue weighted by Crippen LogP contribution is -2.27. The van der Waals surface area contributed by atoms with E-state index in [1.807, 2.05) is 6.92 Å². The van der Waals surface area contributed by atoms with Gasteiger partial charge in [0.05, 0.1) is 12.8 Å². The predicted molar refractivity (Wildman–Crippen MR) is 94.8 cm³/mol. The van der Waals surface area contributed by atoms with Crippen LogP contribution in [-0.4, -0.2) is 23.9 Å². The van der Waals surface area contributed by atoms with Gasteiger partial charge in [-0.1, -0.05) is 19.0 Å². The highest BCUT2D eigenvalue weighted by molar-refractivity contribution is 6.09. The maximum absolute atomic E-state index is 12.6. The molecule has 6 heteroatoms. The normalized spacial score (nSPS) is 17.2. The van der Waals surface area contributed by atoms with Crippen molar-refractivity contribution in [3.63, 3.8) is 0 Å². The van der Waals surface area contributed by atoms with Crippen molar-refractivity contribution in [2.24, 2.45) is 10.6 Å². The summed E-state index contributed by atoms with van der Waals surface area (Å²) in [5, 5.41) is 15.6.